The van der Waals surface area contributed by atoms with Gasteiger partial charge in [0.25, 0.3) is 0 Å². The molecule has 1 aromatic rings. The lowest BCUT2D eigenvalue weighted by molar-refractivity contribution is 0.0851. The van der Waals surface area contributed by atoms with E-state index in [9.17, 15) is 0 Å². The molecule has 0 radical (unpaired) electrons. The predicted octanol–water partition coefficient (Wildman–Crippen LogP) is -1.18. The maximum absolute atomic E-state index is 8.65. The quantitative estimate of drug-likeness (QED) is 0.543. The van der Waals surface area contributed by atoms with Crippen LogP contribution in [0.4, 0.5) is 0 Å². The van der Waals surface area contributed by atoms with Gasteiger partial charge in [-0.15, -0.1) is 5.10 Å². The smallest absolute Gasteiger partial charge is 0.0849 e. The van der Waals surface area contributed by atoms with E-state index in [4.69, 9.17) is 14.9 Å². The second kappa shape index (κ2) is 6.47. The average Bonchev–Trinajstić information content (AvgIpc) is 2.61. The van der Waals surface area contributed by atoms with Crippen molar-refractivity contribution < 1.29 is 14.9 Å². The minimum Gasteiger partial charge on any atom is -0.396 e. The third-order valence-corrected chi connectivity index (χ3v) is 1.65. The Kier molecular flexibility index (Phi) is 5.13. The number of nitrogens with zero attached hydrogens (tertiary/aromatic N) is 3. The van der Waals surface area contributed by atoms with Crippen LogP contribution >= 0.6 is 0 Å². The van der Waals surface area contributed by atoms with Crippen molar-refractivity contribution in [2.75, 3.05) is 26.4 Å². The molecule has 0 saturated carbocycles. The highest BCUT2D eigenvalue weighted by Gasteiger charge is 1.99. The first kappa shape index (κ1) is 11.1. The lowest BCUT2D eigenvalue weighted by atomic mass is 10.3. The van der Waals surface area contributed by atoms with Crippen molar-refractivity contribution in [2.24, 2.45) is 0 Å². The fraction of sp³-hybridized carbons (Fsp3) is 0.750. The molecule has 2 N–H and O–H groups in total. The molecule has 0 atom stereocenters. The lowest BCUT2D eigenvalue weighted by Gasteiger charge is -2.00. The monoisotopic (exact) mass is 201 g/mol. The zero-order valence-corrected chi connectivity index (χ0v) is 7.96. The molecular formula is C8H15N3O3. The van der Waals surface area contributed by atoms with Gasteiger partial charge in [0.2, 0.25) is 0 Å². The molecule has 1 rings (SSSR count). The lowest BCUT2D eigenvalue weighted by Crippen LogP contribution is -2.08. The van der Waals surface area contributed by atoms with Gasteiger partial charge in [0.15, 0.2) is 0 Å². The van der Waals surface area contributed by atoms with Crippen LogP contribution in [-0.2, 0) is 17.7 Å². The maximum atomic E-state index is 8.65. The van der Waals surface area contributed by atoms with E-state index in [-0.39, 0.29) is 13.2 Å². The van der Waals surface area contributed by atoms with Gasteiger partial charge in [-0.25, -0.2) is 4.68 Å². The SMILES string of the molecule is OCCOCCn1cc(CCO)nn1. The molecule has 6 heteroatoms. The second-order valence-corrected chi connectivity index (χ2v) is 2.78. The van der Waals surface area contributed by atoms with Crippen molar-refractivity contribution in [2.45, 2.75) is 13.0 Å². The van der Waals surface area contributed by atoms with Crippen LogP contribution in [0.15, 0.2) is 6.20 Å². The number of hydrogen-bond acceptors (Lipinski definition) is 5. The van der Waals surface area contributed by atoms with E-state index in [0.29, 0.717) is 26.2 Å². The van der Waals surface area contributed by atoms with Gasteiger partial charge in [0, 0.05) is 19.2 Å². The van der Waals surface area contributed by atoms with Crippen LogP contribution < -0.4 is 0 Å². The van der Waals surface area contributed by atoms with Crippen molar-refractivity contribution in [3.8, 4) is 0 Å². The molecule has 1 heterocycles. The Labute approximate surface area is 82.1 Å². The minimum absolute atomic E-state index is 0.0348. The highest BCUT2D eigenvalue weighted by Crippen LogP contribution is 1.93. The van der Waals surface area contributed by atoms with Crippen molar-refractivity contribution in [3.63, 3.8) is 0 Å². The van der Waals surface area contributed by atoms with E-state index in [1.54, 1.807) is 10.9 Å². The van der Waals surface area contributed by atoms with Crippen molar-refractivity contribution in [3.05, 3.63) is 11.9 Å². The Balaban J connectivity index is 2.22. The van der Waals surface area contributed by atoms with E-state index in [0.717, 1.165) is 5.69 Å². The van der Waals surface area contributed by atoms with Gasteiger partial charge < -0.3 is 14.9 Å². The molecule has 14 heavy (non-hydrogen) atoms. The predicted molar refractivity (Wildman–Crippen MR) is 48.7 cm³/mol. The molecule has 6 nitrogen and oxygen atoms in total. The number of ether oxygens (including phenoxy) is 1. The Hall–Kier alpha value is -0.980. The summed E-state index contributed by atoms with van der Waals surface area (Å²) >= 11 is 0. The average molecular weight is 201 g/mol. The second-order valence-electron chi connectivity index (χ2n) is 2.78. The summed E-state index contributed by atoms with van der Waals surface area (Å²) in [6.45, 7) is 1.58. The van der Waals surface area contributed by atoms with Crippen molar-refractivity contribution in [1.29, 1.82) is 0 Å². The summed E-state index contributed by atoms with van der Waals surface area (Å²) in [6.07, 6.45) is 2.30. The van der Waals surface area contributed by atoms with Gasteiger partial charge in [-0.1, -0.05) is 5.21 Å². The van der Waals surface area contributed by atoms with E-state index in [1.807, 2.05) is 0 Å². The molecule has 0 saturated heterocycles. The largest absolute Gasteiger partial charge is 0.396 e. The molecule has 80 valence electrons. The van der Waals surface area contributed by atoms with Crippen LogP contribution in [0.1, 0.15) is 5.69 Å². The molecule has 0 aliphatic carbocycles. The summed E-state index contributed by atoms with van der Waals surface area (Å²) in [4.78, 5) is 0. The molecular weight excluding hydrogens is 186 g/mol. The normalized spacial score (nSPS) is 10.7. The minimum atomic E-state index is 0.0348. The number of hydrogen-bond donors (Lipinski definition) is 2. The van der Waals surface area contributed by atoms with E-state index in [1.165, 1.54) is 0 Å². The summed E-state index contributed by atoms with van der Waals surface area (Å²) < 4.78 is 6.72. The van der Waals surface area contributed by atoms with Crippen LogP contribution in [0, 0.1) is 0 Å². The highest BCUT2D eigenvalue weighted by molar-refractivity contribution is 4.91. The first-order chi connectivity index (χ1) is 6.86. The fourth-order valence-corrected chi connectivity index (χ4v) is 1.00. The van der Waals surface area contributed by atoms with Gasteiger partial charge in [0.1, 0.15) is 0 Å². The Morgan fingerprint density at radius 2 is 2.14 bits per heavy atom. The Morgan fingerprint density at radius 3 is 2.86 bits per heavy atom. The summed E-state index contributed by atoms with van der Waals surface area (Å²) in [5, 5.41) is 24.8. The zero-order chi connectivity index (χ0) is 10.2. The van der Waals surface area contributed by atoms with Crippen LogP contribution in [0.2, 0.25) is 0 Å². The molecule has 0 spiro atoms. The van der Waals surface area contributed by atoms with Crippen molar-refractivity contribution in [1.82, 2.24) is 15.0 Å². The number of aliphatic hydroxyl groups is 2. The summed E-state index contributed by atoms with van der Waals surface area (Å²) in [6, 6.07) is 0. The van der Waals surface area contributed by atoms with Gasteiger partial charge in [0.05, 0.1) is 32.1 Å². The number of aromatic nitrogens is 3. The third-order valence-electron chi connectivity index (χ3n) is 1.65. The molecule has 0 bridgehead atoms. The molecule has 0 aliphatic rings. The first-order valence-corrected chi connectivity index (χ1v) is 4.55. The zero-order valence-electron chi connectivity index (χ0n) is 7.96. The maximum Gasteiger partial charge on any atom is 0.0849 e. The van der Waals surface area contributed by atoms with Crippen LogP contribution in [-0.4, -0.2) is 51.6 Å². The Morgan fingerprint density at radius 1 is 1.29 bits per heavy atom. The number of rotatable bonds is 7. The summed E-state index contributed by atoms with van der Waals surface area (Å²) in [7, 11) is 0. The van der Waals surface area contributed by atoms with Crippen LogP contribution in [0.25, 0.3) is 0 Å². The van der Waals surface area contributed by atoms with Crippen molar-refractivity contribution >= 4 is 0 Å². The highest BCUT2D eigenvalue weighted by atomic mass is 16.5. The third kappa shape index (κ3) is 3.82. The topological polar surface area (TPSA) is 80.4 Å². The summed E-state index contributed by atoms with van der Waals surface area (Å²) in [5.74, 6) is 0. The molecule has 0 unspecified atom stereocenters. The van der Waals surface area contributed by atoms with Gasteiger partial charge in [-0.3, -0.25) is 0 Å². The molecule has 1 aromatic heterocycles. The van der Waals surface area contributed by atoms with E-state index < -0.39 is 0 Å². The molecule has 0 amide bonds. The van der Waals surface area contributed by atoms with Gasteiger partial charge in [-0.2, -0.15) is 0 Å². The molecule has 0 aromatic carbocycles. The number of aliphatic hydroxyl groups excluding tert-OH is 2. The van der Waals surface area contributed by atoms with Crippen LogP contribution in [0.3, 0.4) is 0 Å². The van der Waals surface area contributed by atoms with E-state index >= 15 is 0 Å². The fourth-order valence-electron chi connectivity index (χ4n) is 1.00. The summed E-state index contributed by atoms with van der Waals surface area (Å²) in [5.41, 5.74) is 0.773. The Bertz CT molecular complexity index is 252. The van der Waals surface area contributed by atoms with E-state index in [2.05, 4.69) is 10.3 Å². The molecule has 0 aliphatic heterocycles. The van der Waals surface area contributed by atoms with Gasteiger partial charge in [-0.05, 0) is 0 Å². The van der Waals surface area contributed by atoms with Gasteiger partial charge >= 0.3 is 0 Å². The first-order valence-electron chi connectivity index (χ1n) is 4.55. The molecule has 0 fully saturated rings. The van der Waals surface area contributed by atoms with Crippen LogP contribution in [0.5, 0.6) is 0 Å². The standard InChI is InChI=1S/C8H15N3O3/c12-3-1-8-7-11(10-9-8)2-5-14-6-4-13/h7,12-13H,1-6H2.